The minimum atomic E-state index is -0.444. The van der Waals surface area contributed by atoms with Crippen molar-refractivity contribution in [2.75, 3.05) is 18.4 Å². The highest BCUT2D eigenvalue weighted by molar-refractivity contribution is 5.92. The molecule has 1 atom stereocenters. The van der Waals surface area contributed by atoms with Crippen molar-refractivity contribution in [3.8, 4) is 0 Å². The van der Waals surface area contributed by atoms with Gasteiger partial charge in [-0.15, -0.1) is 0 Å². The lowest BCUT2D eigenvalue weighted by molar-refractivity contribution is 0.1000. The third-order valence-electron chi connectivity index (χ3n) is 3.26. The molecule has 0 radical (unpaired) electrons. The molecular weight excluding hydrogens is 228 g/mol. The average Bonchev–Trinajstić information content (AvgIpc) is 2.40. The van der Waals surface area contributed by atoms with Gasteiger partial charge in [-0.05, 0) is 37.9 Å². The van der Waals surface area contributed by atoms with Gasteiger partial charge in [-0.2, -0.15) is 0 Å². The van der Waals surface area contributed by atoms with Crippen LogP contribution in [-0.2, 0) is 0 Å². The van der Waals surface area contributed by atoms with Crippen molar-refractivity contribution in [2.24, 2.45) is 5.73 Å². The second kappa shape index (κ2) is 6.35. The lowest BCUT2D eigenvalue weighted by atomic mass is 10.0. The zero-order chi connectivity index (χ0) is 12.8. The number of pyridine rings is 1. The summed E-state index contributed by atoms with van der Waals surface area (Å²) in [7, 11) is 0. The molecule has 0 saturated carbocycles. The SMILES string of the molecule is NC(=O)c1ccc(NCCC2CCCCN2)nc1. The molecule has 0 spiro atoms. The van der Waals surface area contributed by atoms with Crippen LogP contribution in [0.15, 0.2) is 18.3 Å². The van der Waals surface area contributed by atoms with Crippen molar-refractivity contribution in [1.82, 2.24) is 10.3 Å². The van der Waals surface area contributed by atoms with E-state index in [1.54, 1.807) is 12.1 Å². The molecule has 1 aliphatic rings. The maximum Gasteiger partial charge on any atom is 0.250 e. The van der Waals surface area contributed by atoms with Gasteiger partial charge in [0.05, 0.1) is 5.56 Å². The second-order valence-electron chi connectivity index (χ2n) is 4.66. The van der Waals surface area contributed by atoms with E-state index in [1.807, 2.05) is 0 Å². The summed E-state index contributed by atoms with van der Waals surface area (Å²) in [5.41, 5.74) is 5.59. The van der Waals surface area contributed by atoms with Crippen LogP contribution in [0.1, 0.15) is 36.0 Å². The van der Waals surface area contributed by atoms with E-state index in [9.17, 15) is 4.79 Å². The predicted octanol–water partition coefficient (Wildman–Crippen LogP) is 1.12. The number of piperidine rings is 1. The molecule has 1 aromatic rings. The Morgan fingerprint density at radius 2 is 2.39 bits per heavy atom. The number of nitrogens with two attached hydrogens (primary N) is 1. The van der Waals surface area contributed by atoms with Gasteiger partial charge >= 0.3 is 0 Å². The predicted molar refractivity (Wildman–Crippen MR) is 71.5 cm³/mol. The molecule has 18 heavy (non-hydrogen) atoms. The summed E-state index contributed by atoms with van der Waals surface area (Å²) >= 11 is 0. The number of carbonyl (C=O) groups excluding carboxylic acids is 1. The Balaban J connectivity index is 1.74. The fourth-order valence-corrected chi connectivity index (χ4v) is 2.19. The maximum atomic E-state index is 10.9. The van der Waals surface area contributed by atoms with Crippen molar-refractivity contribution >= 4 is 11.7 Å². The van der Waals surface area contributed by atoms with Gasteiger partial charge in [-0.3, -0.25) is 4.79 Å². The van der Waals surface area contributed by atoms with E-state index >= 15 is 0 Å². The second-order valence-corrected chi connectivity index (χ2v) is 4.66. The molecular formula is C13H20N4O. The van der Waals surface area contributed by atoms with Gasteiger partial charge in [0.25, 0.3) is 0 Å². The first kappa shape index (κ1) is 12.8. The van der Waals surface area contributed by atoms with E-state index in [0.717, 1.165) is 25.3 Å². The fraction of sp³-hybridized carbons (Fsp3) is 0.538. The Morgan fingerprint density at radius 1 is 1.50 bits per heavy atom. The minimum absolute atomic E-state index is 0.439. The summed E-state index contributed by atoms with van der Waals surface area (Å²) in [5.74, 6) is 0.344. The molecule has 1 aliphatic heterocycles. The first-order valence-electron chi connectivity index (χ1n) is 6.49. The van der Waals surface area contributed by atoms with Gasteiger partial charge in [0.15, 0.2) is 0 Å². The van der Waals surface area contributed by atoms with Gasteiger partial charge in [0, 0.05) is 18.8 Å². The third kappa shape index (κ3) is 3.70. The molecule has 1 unspecified atom stereocenters. The van der Waals surface area contributed by atoms with Gasteiger partial charge in [0.1, 0.15) is 5.82 Å². The van der Waals surface area contributed by atoms with E-state index in [-0.39, 0.29) is 0 Å². The van der Waals surface area contributed by atoms with Crippen molar-refractivity contribution in [3.05, 3.63) is 23.9 Å². The number of hydrogen-bond acceptors (Lipinski definition) is 4. The summed E-state index contributed by atoms with van der Waals surface area (Å²) in [6, 6.07) is 4.10. The molecule has 0 aliphatic carbocycles. The molecule has 5 nitrogen and oxygen atoms in total. The number of nitrogens with zero attached hydrogens (tertiary/aromatic N) is 1. The van der Waals surface area contributed by atoms with Crippen molar-refractivity contribution in [2.45, 2.75) is 31.7 Å². The zero-order valence-electron chi connectivity index (χ0n) is 10.5. The van der Waals surface area contributed by atoms with Crippen LogP contribution in [0.4, 0.5) is 5.82 Å². The Hall–Kier alpha value is -1.62. The highest BCUT2D eigenvalue weighted by atomic mass is 16.1. The molecule has 1 aromatic heterocycles. The maximum absolute atomic E-state index is 10.9. The Labute approximate surface area is 107 Å². The monoisotopic (exact) mass is 248 g/mol. The Bertz CT molecular complexity index is 384. The molecule has 2 heterocycles. The topological polar surface area (TPSA) is 80.0 Å². The van der Waals surface area contributed by atoms with Crippen LogP contribution in [0.2, 0.25) is 0 Å². The highest BCUT2D eigenvalue weighted by Gasteiger charge is 2.11. The van der Waals surface area contributed by atoms with Gasteiger partial charge < -0.3 is 16.4 Å². The number of carbonyl (C=O) groups is 1. The Morgan fingerprint density at radius 3 is 3.00 bits per heavy atom. The van der Waals surface area contributed by atoms with Crippen molar-refractivity contribution in [1.29, 1.82) is 0 Å². The molecule has 0 bridgehead atoms. The van der Waals surface area contributed by atoms with Gasteiger partial charge in [-0.1, -0.05) is 6.42 Å². The summed E-state index contributed by atoms with van der Waals surface area (Å²) in [6.07, 6.45) is 6.47. The average molecular weight is 248 g/mol. The first-order chi connectivity index (χ1) is 8.75. The number of aromatic nitrogens is 1. The largest absolute Gasteiger partial charge is 0.370 e. The summed E-state index contributed by atoms with van der Waals surface area (Å²) in [6.45, 7) is 2.02. The van der Waals surface area contributed by atoms with Crippen molar-refractivity contribution in [3.63, 3.8) is 0 Å². The Kier molecular flexibility index (Phi) is 4.52. The number of amides is 1. The van der Waals surface area contributed by atoms with Crippen LogP contribution in [-0.4, -0.2) is 30.0 Å². The summed E-state index contributed by atoms with van der Waals surface area (Å²) < 4.78 is 0. The molecule has 4 N–H and O–H groups in total. The molecule has 2 rings (SSSR count). The fourth-order valence-electron chi connectivity index (χ4n) is 2.19. The van der Waals surface area contributed by atoms with E-state index in [2.05, 4.69) is 15.6 Å². The van der Waals surface area contributed by atoms with Crippen LogP contribution in [0.5, 0.6) is 0 Å². The van der Waals surface area contributed by atoms with Crippen LogP contribution < -0.4 is 16.4 Å². The molecule has 0 aromatic carbocycles. The zero-order valence-corrected chi connectivity index (χ0v) is 10.5. The third-order valence-corrected chi connectivity index (χ3v) is 3.26. The highest BCUT2D eigenvalue weighted by Crippen LogP contribution is 2.10. The normalized spacial score (nSPS) is 19.4. The van der Waals surface area contributed by atoms with E-state index < -0.39 is 5.91 Å². The van der Waals surface area contributed by atoms with Crippen LogP contribution in [0.3, 0.4) is 0 Å². The number of rotatable bonds is 5. The number of hydrogen-bond donors (Lipinski definition) is 3. The molecule has 1 saturated heterocycles. The standard InChI is InChI=1S/C13H20N4O/c14-13(18)10-4-5-12(17-9-10)16-8-6-11-3-1-2-7-15-11/h4-5,9,11,15H,1-3,6-8H2,(H2,14,18)(H,16,17). The first-order valence-corrected chi connectivity index (χ1v) is 6.49. The smallest absolute Gasteiger partial charge is 0.250 e. The van der Waals surface area contributed by atoms with Crippen LogP contribution in [0, 0.1) is 0 Å². The molecule has 5 heteroatoms. The van der Waals surface area contributed by atoms with E-state index in [4.69, 9.17) is 5.73 Å². The summed E-state index contributed by atoms with van der Waals surface area (Å²) in [5, 5.41) is 6.76. The molecule has 98 valence electrons. The summed E-state index contributed by atoms with van der Waals surface area (Å²) in [4.78, 5) is 15.0. The lowest BCUT2D eigenvalue weighted by Crippen LogP contribution is -2.35. The lowest BCUT2D eigenvalue weighted by Gasteiger charge is -2.23. The molecule has 1 fully saturated rings. The number of nitrogens with one attached hydrogen (secondary N) is 2. The number of anilines is 1. The van der Waals surface area contributed by atoms with E-state index in [1.165, 1.54) is 25.5 Å². The number of primary amides is 1. The minimum Gasteiger partial charge on any atom is -0.370 e. The van der Waals surface area contributed by atoms with E-state index in [0.29, 0.717) is 11.6 Å². The van der Waals surface area contributed by atoms with Gasteiger partial charge in [-0.25, -0.2) is 4.98 Å². The van der Waals surface area contributed by atoms with Crippen molar-refractivity contribution < 1.29 is 4.79 Å². The van der Waals surface area contributed by atoms with Gasteiger partial charge in [0.2, 0.25) is 5.91 Å². The van der Waals surface area contributed by atoms with Crippen LogP contribution >= 0.6 is 0 Å². The quantitative estimate of drug-likeness (QED) is 0.729. The molecule has 1 amide bonds. The van der Waals surface area contributed by atoms with Crippen LogP contribution in [0.25, 0.3) is 0 Å².